The monoisotopic (exact) mass is 569 g/mol. The molecule has 1 saturated carbocycles. The van der Waals surface area contributed by atoms with E-state index in [9.17, 15) is 9.90 Å². The standard InChI is InChI=1S/C35H43N3O4/c1-3-24-15-16-31-26(19-24)28(21-35(42-31)17-9-10-18-35)36-22-30(39)27(20-25-11-5-4-6-12-25)37-34(40)33-23-38(2)29-13-7-8-14-32(29)41-33/h4-8,11-16,19,27-28,30,33,36,39H,3,9-10,17-18,20-23H2,1-2H3,(H,37,40)/t27-,28-,30+,33+/m0/s1. The Morgan fingerprint density at radius 2 is 1.79 bits per heavy atom. The van der Waals surface area contributed by atoms with Crippen LogP contribution in [-0.2, 0) is 17.6 Å². The Bertz CT molecular complexity index is 1370. The second-order valence-corrected chi connectivity index (χ2v) is 12.2. The van der Waals surface area contributed by atoms with Crippen LogP contribution in [0.3, 0.4) is 0 Å². The van der Waals surface area contributed by atoms with Gasteiger partial charge in [0, 0.05) is 31.6 Å². The van der Waals surface area contributed by atoms with Crippen LogP contribution in [0.15, 0.2) is 72.8 Å². The van der Waals surface area contributed by atoms with E-state index < -0.39 is 18.2 Å². The van der Waals surface area contributed by atoms with Crippen LogP contribution >= 0.6 is 0 Å². The molecule has 6 rings (SSSR count). The van der Waals surface area contributed by atoms with Gasteiger partial charge in [-0.3, -0.25) is 4.79 Å². The van der Waals surface area contributed by atoms with Crippen LogP contribution in [0, 0.1) is 0 Å². The van der Waals surface area contributed by atoms with Gasteiger partial charge in [-0.05, 0) is 67.9 Å². The van der Waals surface area contributed by atoms with Crippen molar-refractivity contribution in [1.29, 1.82) is 0 Å². The smallest absolute Gasteiger partial charge is 0.263 e. The Balaban J connectivity index is 1.18. The molecule has 4 atom stereocenters. The van der Waals surface area contributed by atoms with E-state index in [2.05, 4.69) is 35.8 Å². The minimum Gasteiger partial charge on any atom is -0.487 e. The van der Waals surface area contributed by atoms with Crippen LogP contribution in [0.5, 0.6) is 11.5 Å². The molecule has 1 spiro atoms. The number of rotatable bonds is 9. The Morgan fingerprint density at radius 1 is 1.02 bits per heavy atom. The van der Waals surface area contributed by atoms with Gasteiger partial charge in [0.05, 0.1) is 24.4 Å². The zero-order chi connectivity index (χ0) is 29.1. The highest BCUT2D eigenvalue weighted by Gasteiger charge is 2.43. The minimum absolute atomic E-state index is 0.0768. The number of aliphatic hydroxyl groups is 1. The molecule has 1 aliphatic carbocycles. The van der Waals surface area contributed by atoms with Crippen molar-refractivity contribution in [3.8, 4) is 11.5 Å². The number of hydrogen-bond donors (Lipinski definition) is 3. The fourth-order valence-corrected chi connectivity index (χ4v) is 6.83. The average Bonchev–Trinajstić information content (AvgIpc) is 3.46. The largest absolute Gasteiger partial charge is 0.487 e. The molecule has 2 aliphatic heterocycles. The molecular formula is C35H43N3O4. The Labute approximate surface area is 249 Å². The molecule has 7 heteroatoms. The second kappa shape index (κ2) is 12.4. The lowest BCUT2D eigenvalue weighted by Gasteiger charge is -2.41. The molecule has 0 saturated heterocycles. The fraction of sp³-hybridized carbons (Fsp3) is 0.457. The van der Waals surface area contributed by atoms with Crippen molar-refractivity contribution in [2.24, 2.45) is 0 Å². The van der Waals surface area contributed by atoms with E-state index in [0.717, 1.165) is 42.7 Å². The lowest BCUT2D eigenvalue weighted by atomic mass is 9.85. The zero-order valence-electron chi connectivity index (χ0n) is 24.7. The van der Waals surface area contributed by atoms with Gasteiger partial charge in [0.2, 0.25) is 0 Å². The molecule has 3 aliphatic rings. The first-order chi connectivity index (χ1) is 20.4. The maximum atomic E-state index is 13.6. The summed E-state index contributed by atoms with van der Waals surface area (Å²) in [4.78, 5) is 15.6. The number of aryl methyl sites for hydroxylation is 1. The third kappa shape index (κ3) is 6.13. The molecular weight excluding hydrogens is 526 g/mol. The molecule has 0 radical (unpaired) electrons. The second-order valence-electron chi connectivity index (χ2n) is 12.2. The SMILES string of the molecule is CCc1ccc2c(c1)[C@@H](NC[C@@H](O)[C@H](Cc1ccccc1)NC(=O)[C@H]1CN(C)c3ccccc3O1)CC1(CCCC1)O2. The molecule has 3 aromatic carbocycles. The lowest BCUT2D eigenvalue weighted by molar-refractivity contribution is -0.129. The third-order valence-electron chi connectivity index (χ3n) is 9.22. The van der Waals surface area contributed by atoms with Crippen molar-refractivity contribution in [2.45, 2.75) is 81.8 Å². The predicted molar refractivity (Wildman–Crippen MR) is 165 cm³/mol. The Morgan fingerprint density at radius 3 is 2.57 bits per heavy atom. The van der Waals surface area contributed by atoms with Gasteiger partial charge in [-0.2, -0.15) is 0 Å². The van der Waals surface area contributed by atoms with Crippen molar-refractivity contribution in [2.75, 3.05) is 25.0 Å². The molecule has 0 bridgehead atoms. The van der Waals surface area contributed by atoms with Gasteiger partial charge in [-0.25, -0.2) is 0 Å². The summed E-state index contributed by atoms with van der Waals surface area (Å²) in [6.45, 7) is 2.96. The molecule has 1 fully saturated rings. The number of nitrogens with zero attached hydrogens (tertiary/aromatic N) is 1. The maximum absolute atomic E-state index is 13.6. The summed E-state index contributed by atoms with van der Waals surface area (Å²) in [6.07, 6.45) is 5.39. The van der Waals surface area contributed by atoms with Gasteiger partial charge in [-0.1, -0.05) is 61.5 Å². The first-order valence-corrected chi connectivity index (χ1v) is 15.5. The van der Waals surface area contributed by atoms with Gasteiger partial charge in [0.1, 0.15) is 17.1 Å². The van der Waals surface area contributed by atoms with Crippen molar-refractivity contribution < 1.29 is 19.4 Å². The molecule has 1 amide bonds. The zero-order valence-corrected chi connectivity index (χ0v) is 24.7. The number of fused-ring (bicyclic) bond motifs is 2. The van der Waals surface area contributed by atoms with Crippen molar-refractivity contribution in [3.05, 3.63) is 89.5 Å². The number of likely N-dealkylation sites (N-methyl/N-ethyl adjacent to an activating group) is 1. The first-order valence-electron chi connectivity index (χ1n) is 15.5. The number of para-hydroxylation sites is 2. The molecule has 0 unspecified atom stereocenters. The fourth-order valence-electron chi connectivity index (χ4n) is 6.83. The summed E-state index contributed by atoms with van der Waals surface area (Å²) < 4.78 is 12.7. The average molecular weight is 570 g/mol. The van der Waals surface area contributed by atoms with E-state index in [1.54, 1.807) is 0 Å². The number of nitrogens with one attached hydrogen (secondary N) is 2. The summed E-state index contributed by atoms with van der Waals surface area (Å²) in [5.41, 5.74) is 4.33. The molecule has 3 N–H and O–H groups in total. The highest BCUT2D eigenvalue weighted by molar-refractivity contribution is 5.83. The van der Waals surface area contributed by atoms with Gasteiger partial charge in [-0.15, -0.1) is 0 Å². The predicted octanol–water partition coefficient (Wildman–Crippen LogP) is 4.96. The van der Waals surface area contributed by atoms with Gasteiger partial charge in [0.15, 0.2) is 6.10 Å². The van der Waals surface area contributed by atoms with Gasteiger partial charge >= 0.3 is 0 Å². The third-order valence-corrected chi connectivity index (χ3v) is 9.22. The number of aliphatic hydroxyl groups excluding tert-OH is 1. The van der Waals surface area contributed by atoms with E-state index in [1.165, 1.54) is 24.0 Å². The summed E-state index contributed by atoms with van der Waals surface area (Å²) in [7, 11) is 1.97. The molecule has 7 nitrogen and oxygen atoms in total. The summed E-state index contributed by atoms with van der Waals surface area (Å²) in [5, 5.41) is 18.5. The molecule has 42 heavy (non-hydrogen) atoms. The van der Waals surface area contributed by atoms with Crippen molar-refractivity contribution in [3.63, 3.8) is 0 Å². The van der Waals surface area contributed by atoms with Crippen LogP contribution in [0.4, 0.5) is 5.69 Å². The van der Waals surface area contributed by atoms with Crippen LogP contribution in [-0.4, -0.2) is 55.0 Å². The van der Waals surface area contributed by atoms with Crippen LogP contribution in [0.2, 0.25) is 0 Å². The molecule has 3 aromatic rings. The number of ether oxygens (including phenoxy) is 2. The van der Waals surface area contributed by atoms with E-state index in [-0.39, 0.29) is 17.6 Å². The Kier molecular flexibility index (Phi) is 8.41. The number of hydrogen-bond acceptors (Lipinski definition) is 6. The minimum atomic E-state index is -0.803. The highest BCUT2D eigenvalue weighted by atomic mass is 16.5. The number of anilines is 1. The van der Waals surface area contributed by atoms with Crippen molar-refractivity contribution >= 4 is 11.6 Å². The van der Waals surface area contributed by atoms with Gasteiger partial charge in [0.25, 0.3) is 5.91 Å². The van der Waals surface area contributed by atoms with E-state index in [1.807, 2.05) is 66.5 Å². The maximum Gasteiger partial charge on any atom is 0.263 e. The van der Waals surface area contributed by atoms with E-state index in [4.69, 9.17) is 9.47 Å². The first kappa shape index (κ1) is 28.6. The van der Waals surface area contributed by atoms with E-state index in [0.29, 0.717) is 25.3 Å². The number of carbonyl (C=O) groups excluding carboxylic acids is 1. The quantitative estimate of drug-likeness (QED) is 0.338. The van der Waals surface area contributed by atoms with Gasteiger partial charge < -0.3 is 30.1 Å². The molecule has 0 aromatic heterocycles. The number of carbonyl (C=O) groups is 1. The Hall–Kier alpha value is -3.55. The van der Waals surface area contributed by atoms with Crippen molar-refractivity contribution in [1.82, 2.24) is 10.6 Å². The number of benzene rings is 3. The summed E-state index contributed by atoms with van der Waals surface area (Å²) in [6, 6.07) is 23.9. The highest BCUT2D eigenvalue weighted by Crippen LogP contribution is 2.47. The van der Waals surface area contributed by atoms with Crippen LogP contribution in [0.25, 0.3) is 0 Å². The summed E-state index contributed by atoms with van der Waals surface area (Å²) >= 11 is 0. The number of amides is 1. The van der Waals surface area contributed by atoms with Crippen LogP contribution < -0.4 is 25.0 Å². The normalized spacial score (nSPS) is 21.9. The summed E-state index contributed by atoms with van der Waals surface area (Å²) in [5.74, 6) is 1.43. The lowest BCUT2D eigenvalue weighted by Crippen LogP contribution is -2.55. The molecule has 222 valence electrons. The topological polar surface area (TPSA) is 83.1 Å². The van der Waals surface area contributed by atoms with E-state index >= 15 is 0 Å². The molecule has 2 heterocycles. The van der Waals surface area contributed by atoms with Crippen LogP contribution in [0.1, 0.15) is 61.8 Å².